The fourth-order valence-electron chi connectivity index (χ4n) is 0.363. The van der Waals surface area contributed by atoms with E-state index in [0.29, 0.717) is 5.01 Å². The molecule has 1 atom stereocenters. The first-order valence-electron chi connectivity index (χ1n) is 2.47. The fraction of sp³-hybridized carbons (Fsp3) is 0.750. The van der Waals surface area contributed by atoms with Gasteiger partial charge >= 0.3 is 6.09 Å². The molecule has 0 aliphatic carbocycles. The predicted octanol–water partition coefficient (Wildman–Crippen LogP) is -0.779. The molecule has 0 heterocycles. The van der Waals surface area contributed by atoms with Gasteiger partial charge in [-0.25, -0.2) is 15.6 Å². The highest BCUT2D eigenvalue weighted by Crippen LogP contribution is 1.83. The van der Waals surface area contributed by atoms with E-state index < -0.39 is 12.2 Å². The second-order valence-electron chi connectivity index (χ2n) is 1.78. The Morgan fingerprint density at radius 3 is 2.44 bits per heavy atom. The van der Waals surface area contributed by atoms with Crippen molar-refractivity contribution in [2.24, 2.45) is 5.84 Å². The first-order valence-corrected chi connectivity index (χ1v) is 2.47. The van der Waals surface area contributed by atoms with Crippen LogP contribution in [0.5, 0.6) is 0 Å². The van der Waals surface area contributed by atoms with Crippen LogP contribution in [0.2, 0.25) is 0 Å². The van der Waals surface area contributed by atoms with E-state index in [1.54, 1.807) is 0 Å². The van der Waals surface area contributed by atoms with Gasteiger partial charge in [-0.1, -0.05) is 0 Å². The molecular weight excluding hydrogens is 124 g/mol. The Morgan fingerprint density at radius 1 is 1.89 bits per heavy atom. The van der Waals surface area contributed by atoms with E-state index in [2.05, 4.69) is 0 Å². The topological polar surface area (TPSA) is 86.8 Å². The number of carboxylic acid groups (broad SMARTS) is 1. The monoisotopic (exact) mass is 134 g/mol. The number of carbonyl (C=O) groups is 1. The van der Waals surface area contributed by atoms with E-state index >= 15 is 0 Å². The van der Waals surface area contributed by atoms with Gasteiger partial charge in [0.2, 0.25) is 0 Å². The highest BCUT2D eigenvalue weighted by atomic mass is 16.4. The molecule has 0 spiro atoms. The molecule has 0 bridgehead atoms. The molecule has 0 aromatic rings. The number of hydrogen-bond donors (Lipinski definition) is 3. The van der Waals surface area contributed by atoms with Crippen LogP contribution in [-0.4, -0.2) is 34.0 Å². The molecule has 1 amide bonds. The normalized spacial score (nSPS) is 12.8. The quantitative estimate of drug-likeness (QED) is 0.262. The van der Waals surface area contributed by atoms with Crippen LogP contribution >= 0.6 is 0 Å². The molecule has 0 saturated heterocycles. The lowest BCUT2D eigenvalue weighted by molar-refractivity contribution is 0.105. The zero-order valence-electron chi connectivity index (χ0n) is 5.11. The van der Waals surface area contributed by atoms with Gasteiger partial charge in [-0.05, 0) is 6.92 Å². The van der Waals surface area contributed by atoms with E-state index in [9.17, 15) is 4.79 Å². The third-order valence-corrected chi connectivity index (χ3v) is 0.707. The number of hydrogen-bond acceptors (Lipinski definition) is 3. The van der Waals surface area contributed by atoms with Gasteiger partial charge in [0, 0.05) is 0 Å². The van der Waals surface area contributed by atoms with Gasteiger partial charge in [0.25, 0.3) is 0 Å². The van der Waals surface area contributed by atoms with Gasteiger partial charge < -0.3 is 10.2 Å². The number of aliphatic hydroxyl groups is 1. The molecule has 0 aliphatic rings. The van der Waals surface area contributed by atoms with Crippen molar-refractivity contribution in [1.82, 2.24) is 5.01 Å². The Morgan fingerprint density at radius 2 is 2.33 bits per heavy atom. The van der Waals surface area contributed by atoms with Gasteiger partial charge in [0.1, 0.15) is 0 Å². The summed E-state index contributed by atoms with van der Waals surface area (Å²) in [6.45, 7) is 1.40. The van der Waals surface area contributed by atoms with Crippen molar-refractivity contribution in [2.75, 3.05) is 6.54 Å². The van der Waals surface area contributed by atoms with E-state index in [0.717, 1.165) is 0 Å². The summed E-state index contributed by atoms with van der Waals surface area (Å²) < 4.78 is 0. The minimum absolute atomic E-state index is 0.0602. The summed E-state index contributed by atoms with van der Waals surface area (Å²) in [6, 6.07) is 0. The fourth-order valence-corrected chi connectivity index (χ4v) is 0.363. The van der Waals surface area contributed by atoms with Gasteiger partial charge in [0.05, 0.1) is 12.6 Å². The van der Waals surface area contributed by atoms with Crippen molar-refractivity contribution in [3.8, 4) is 0 Å². The molecule has 5 nitrogen and oxygen atoms in total. The first kappa shape index (κ1) is 8.19. The molecule has 9 heavy (non-hydrogen) atoms. The molecule has 4 N–H and O–H groups in total. The van der Waals surface area contributed by atoms with Crippen molar-refractivity contribution in [2.45, 2.75) is 13.0 Å². The summed E-state index contributed by atoms with van der Waals surface area (Å²) in [6.07, 6.45) is -1.96. The highest BCUT2D eigenvalue weighted by Gasteiger charge is 2.07. The van der Waals surface area contributed by atoms with Crippen LogP contribution in [0.25, 0.3) is 0 Å². The minimum atomic E-state index is -1.24. The van der Waals surface area contributed by atoms with Crippen molar-refractivity contribution < 1.29 is 15.0 Å². The lowest BCUT2D eigenvalue weighted by Crippen LogP contribution is -2.40. The maximum Gasteiger partial charge on any atom is 0.421 e. The Kier molecular flexibility index (Phi) is 2.97. The molecule has 0 saturated carbocycles. The van der Waals surface area contributed by atoms with Crippen LogP contribution < -0.4 is 5.84 Å². The van der Waals surface area contributed by atoms with Crippen LogP contribution in [-0.2, 0) is 0 Å². The predicted molar refractivity (Wildman–Crippen MR) is 30.6 cm³/mol. The third-order valence-electron chi connectivity index (χ3n) is 0.707. The van der Waals surface area contributed by atoms with Gasteiger partial charge in [0.15, 0.2) is 0 Å². The van der Waals surface area contributed by atoms with Crippen LogP contribution in [0, 0.1) is 0 Å². The van der Waals surface area contributed by atoms with Gasteiger partial charge in [-0.3, -0.25) is 0 Å². The summed E-state index contributed by atoms with van der Waals surface area (Å²) in [5.74, 6) is 4.89. The van der Waals surface area contributed by atoms with Crippen LogP contribution in [0.1, 0.15) is 6.92 Å². The van der Waals surface area contributed by atoms with Crippen molar-refractivity contribution in [1.29, 1.82) is 0 Å². The molecule has 0 fully saturated rings. The molecule has 0 aromatic carbocycles. The standard InChI is InChI=1S/C4H10N2O3/c1-3(7)2-6(5)4(8)9/h3,7H,2,5H2,1H3,(H,8,9). The minimum Gasteiger partial charge on any atom is -0.464 e. The third kappa shape index (κ3) is 3.75. The molecule has 1 unspecified atom stereocenters. The molecule has 0 aliphatic heterocycles. The van der Waals surface area contributed by atoms with Gasteiger partial charge in [-0.2, -0.15) is 0 Å². The van der Waals surface area contributed by atoms with Crippen molar-refractivity contribution in [3.05, 3.63) is 0 Å². The van der Waals surface area contributed by atoms with Crippen molar-refractivity contribution >= 4 is 6.09 Å². The SMILES string of the molecule is CC(O)CN(N)C(=O)O. The molecule has 5 heteroatoms. The second-order valence-corrected chi connectivity index (χ2v) is 1.78. The second kappa shape index (κ2) is 3.26. The number of amides is 1. The van der Waals surface area contributed by atoms with Crippen molar-refractivity contribution in [3.63, 3.8) is 0 Å². The Balaban J connectivity index is 3.50. The average Bonchev–Trinajstić information content (AvgIpc) is 1.63. The molecule has 0 radical (unpaired) electrons. The Hall–Kier alpha value is -0.810. The molecule has 54 valence electrons. The van der Waals surface area contributed by atoms with Crippen LogP contribution in [0.4, 0.5) is 4.79 Å². The number of rotatable bonds is 2. The molecular formula is C4H10N2O3. The van der Waals surface area contributed by atoms with E-state index in [4.69, 9.17) is 16.1 Å². The largest absolute Gasteiger partial charge is 0.464 e. The summed E-state index contributed by atoms with van der Waals surface area (Å²) in [5, 5.41) is 17.2. The number of nitrogens with zero attached hydrogens (tertiary/aromatic N) is 1. The number of hydrazine groups is 1. The van der Waals surface area contributed by atoms with Gasteiger partial charge in [-0.15, -0.1) is 0 Å². The maximum atomic E-state index is 9.92. The van der Waals surface area contributed by atoms with E-state index in [-0.39, 0.29) is 6.54 Å². The summed E-state index contributed by atoms with van der Waals surface area (Å²) in [7, 11) is 0. The first-order chi connectivity index (χ1) is 4.04. The lowest BCUT2D eigenvalue weighted by atomic mass is 10.4. The van der Waals surface area contributed by atoms with E-state index in [1.807, 2.05) is 0 Å². The summed E-state index contributed by atoms with van der Waals surface area (Å²) in [5.41, 5.74) is 0. The lowest BCUT2D eigenvalue weighted by Gasteiger charge is -2.13. The number of aliphatic hydroxyl groups excluding tert-OH is 1. The maximum absolute atomic E-state index is 9.92. The zero-order valence-corrected chi connectivity index (χ0v) is 5.11. The zero-order chi connectivity index (χ0) is 7.44. The smallest absolute Gasteiger partial charge is 0.421 e. The summed E-state index contributed by atoms with van der Waals surface area (Å²) >= 11 is 0. The number of nitrogens with two attached hydrogens (primary N) is 1. The summed E-state index contributed by atoms with van der Waals surface area (Å²) in [4.78, 5) is 9.92. The van der Waals surface area contributed by atoms with Crippen LogP contribution in [0.15, 0.2) is 0 Å². The van der Waals surface area contributed by atoms with Crippen LogP contribution in [0.3, 0.4) is 0 Å². The van der Waals surface area contributed by atoms with E-state index in [1.165, 1.54) is 6.92 Å². The Bertz CT molecular complexity index is 104. The highest BCUT2D eigenvalue weighted by molar-refractivity contribution is 5.63. The Labute approximate surface area is 52.7 Å². The molecule has 0 aromatic heterocycles. The molecule has 0 rings (SSSR count). The average molecular weight is 134 g/mol.